The zero-order valence-electron chi connectivity index (χ0n) is 25.2. The number of rotatable bonds is 3. The van der Waals surface area contributed by atoms with Crippen LogP contribution in [0, 0.1) is 0 Å². The summed E-state index contributed by atoms with van der Waals surface area (Å²) in [6, 6.07) is 53.9. The third kappa shape index (κ3) is 4.16. The van der Waals surface area contributed by atoms with Gasteiger partial charge in [0.05, 0.1) is 0 Å². The van der Waals surface area contributed by atoms with Crippen molar-refractivity contribution in [3.05, 3.63) is 152 Å². The smallest absolute Gasteiger partial charge is 0.164 e. The number of fused-ring (bicyclic) bond motifs is 9. The monoisotopic (exact) mass is 615 g/mol. The molecule has 0 aliphatic heterocycles. The molecule has 0 radical (unpaired) electrons. The van der Waals surface area contributed by atoms with Gasteiger partial charge in [0.25, 0.3) is 0 Å². The number of thiophene rings is 1. The van der Waals surface area contributed by atoms with Crippen LogP contribution >= 0.6 is 11.3 Å². The first kappa shape index (κ1) is 26.3. The van der Waals surface area contributed by atoms with E-state index >= 15 is 0 Å². The Morgan fingerprint density at radius 3 is 1.83 bits per heavy atom. The average Bonchev–Trinajstić information content (AvgIpc) is 3.52. The van der Waals surface area contributed by atoms with E-state index in [1.54, 1.807) is 0 Å². The van der Waals surface area contributed by atoms with E-state index in [0.717, 1.165) is 38.2 Å². The zero-order chi connectivity index (χ0) is 30.9. The van der Waals surface area contributed by atoms with Crippen molar-refractivity contribution in [1.82, 2.24) is 15.0 Å². The lowest BCUT2D eigenvalue weighted by Crippen LogP contribution is -2.01. The van der Waals surface area contributed by atoms with Gasteiger partial charge in [0.1, 0.15) is 0 Å². The minimum atomic E-state index is 0.664. The van der Waals surface area contributed by atoms with Gasteiger partial charge in [-0.15, -0.1) is 11.3 Å². The topological polar surface area (TPSA) is 38.7 Å². The standard InChI is InChI=1S/C43H25N3S/c1-4-14-31-26(10-1)20-21-27-12-9-18-35(40(27)31)42-44-41(29-22-23-39-36(25-29)34-17-7-8-19-38(34)47-39)45-43(46-42)37-24-28-11-2-3-13-30(28)32-15-5-6-16-33(32)37/h1-25H. The molecule has 0 bridgehead atoms. The first-order valence-electron chi connectivity index (χ1n) is 15.8. The number of hydrogen-bond donors (Lipinski definition) is 0. The second-order valence-corrected chi connectivity index (χ2v) is 13.1. The molecule has 8 aromatic carbocycles. The van der Waals surface area contributed by atoms with Crippen LogP contribution in [-0.4, -0.2) is 15.0 Å². The molecule has 47 heavy (non-hydrogen) atoms. The third-order valence-electron chi connectivity index (χ3n) is 9.29. The molecule has 0 N–H and O–H groups in total. The first-order chi connectivity index (χ1) is 23.3. The molecule has 0 spiro atoms. The second-order valence-electron chi connectivity index (χ2n) is 12.0. The van der Waals surface area contributed by atoms with E-state index in [2.05, 4.69) is 152 Å². The summed E-state index contributed by atoms with van der Waals surface area (Å²) in [5.74, 6) is 2.00. The Morgan fingerprint density at radius 2 is 0.957 bits per heavy atom. The fourth-order valence-electron chi connectivity index (χ4n) is 7.10. The maximum atomic E-state index is 5.30. The van der Waals surface area contributed by atoms with Crippen molar-refractivity contribution in [2.24, 2.45) is 0 Å². The lowest BCUT2D eigenvalue weighted by Gasteiger charge is -2.14. The van der Waals surface area contributed by atoms with Gasteiger partial charge in [-0.1, -0.05) is 121 Å². The van der Waals surface area contributed by atoms with Gasteiger partial charge in [-0.05, 0) is 68.0 Å². The van der Waals surface area contributed by atoms with Gasteiger partial charge in [0.15, 0.2) is 17.5 Å². The highest BCUT2D eigenvalue weighted by Crippen LogP contribution is 2.39. The molecule has 218 valence electrons. The van der Waals surface area contributed by atoms with Crippen LogP contribution in [0.25, 0.3) is 97.4 Å². The van der Waals surface area contributed by atoms with Crippen molar-refractivity contribution in [2.45, 2.75) is 0 Å². The summed E-state index contributed by atoms with van der Waals surface area (Å²) < 4.78 is 2.53. The molecule has 3 nitrogen and oxygen atoms in total. The molecule has 0 aliphatic carbocycles. The van der Waals surface area contributed by atoms with E-state index in [-0.39, 0.29) is 0 Å². The lowest BCUT2D eigenvalue weighted by molar-refractivity contribution is 1.08. The van der Waals surface area contributed by atoms with Crippen LogP contribution < -0.4 is 0 Å². The first-order valence-corrected chi connectivity index (χ1v) is 16.6. The van der Waals surface area contributed by atoms with E-state index in [4.69, 9.17) is 15.0 Å². The van der Waals surface area contributed by atoms with Crippen LogP contribution in [0.5, 0.6) is 0 Å². The molecule has 2 aromatic heterocycles. The number of aromatic nitrogens is 3. The average molecular weight is 616 g/mol. The van der Waals surface area contributed by atoms with Crippen LogP contribution in [0.1, 0.15) is 0 Å². The minimum Gasteiger partial charge on any atom is -0.208 e. The van der Waals surface area contributed by atoms with Gasteiger partial charge in [-0.3, -0.25) is 0 Å². The molecule has 2 heterocycles. The van der Waals surface area contributed by atoms with Gasteiger partial charge in [0, 0.05) is 42.2 Å². The SMILES string of the molecule is c1ccc2c(c1)cc(-c1nc(-c3ccc4sc5ccccc5c4c3)nc(-c3cccc4ccc5ccccc5c34)n1)c1ccccc12. The molecule has 10 aromatic rings. The normalized spacial score (nSPS) is 11.8. The lowest BCUT2D eigenvalue weighted by atomic mass is 9.96. The van der Waals surface area contributed by atoms with Crippen molar-refractivity contribution < 1.29 is 0 Å². The molecule has 0 saturated carbocycles. The van der Waals surface area contributed by atoms with E-state index in [0.29, 0.717) is 17.5 Å². The van der Waals surface area contributed by atoms with Crippen LogP contribution in [0.3, 0.4) is 0 Å². The second kappa shape index (κ2) is 10.3. The Labute approximate surface area is 274 Å². The summed E-state index contributed by atoms with van der Waals surface area (Å²) in [5, 5.41) is 11.8. The highest BCUT2D eigenvalue weighted by atomic mass is 32.1. The maximum absolute atomic E-state index is 5.30. The van der Waals surface area contributed by atoms with E-state index < -0.39 is 0 Å². The quantitative estimate of drug-likeness (QED) is 0.186. The van der Waals surface area contributed by atoms with Crippen LogP contribution in [0.15, 0.2) is 152 Å². The summed E-state index contributed by atoms with van der Waals surface area (Å²) in [6.45, 7) is 0. The fourth-order valence-corrected chi connectivity index (χ4v) is 8.18. The van der Waals surface area contributed by atoms with Gasteiger partial charge < -0.3 is 0 Å². The van der Waals surface area contributed by atoms with Gasteiger partial charge in [0.2, 0.25) is 0 Å². The van der Waals surface area contributed by atoms with E-state index in [1.807, 2.05) is 11.3 Å². The third-order valence-corrected chi connectivity index (χ3v) is 10.4. The van der Waals surface area contributed by atoms with Crippen LogP contribution in [0.4, 0.5) is 0 Å². The molecular weight excluding hydrogens is 591 g/mol. The molecule has 0 unspecified atom stereocenters. The van der Waals surface area contributed by atoms with Crippen LogP contribution in [0.2, 0.25) is 0 Å². The zero-order valence-corrected chi connectivity index (χ0v) is 26.0. The minimum absolute atomic E-state index is 0.664. The molecule has 0 saturated heterocycles. The summed E-state index contributed by atoms with van der Waals surface area (Å²) in [5.41, 5.74) is 2.97. The fraction of sp³-hybridized carbons (Fsp3) is 0. The van der Waals surface area contributed by atoms with Crippen LogP contribution in [-0.2, 0) is 0 Å². The van der Waals surface area contributed by atoms with Crippen molar-refractivity contribution in [3.8, 4) is 34.2 Å². The maximum Gasteiger partial charge on any atom is 0.164 e. The highest BCUT2D eigenvalue weighted by Gasteiger charge is 2.18. The van der Waals surface area contributed by atoms with E-state index in [9.17, 15) is 0 Å². The highest BCUT2D eigenvalue weighted by molar-refractivity contribution is 7.25. The summed E-state index contributed by atoms with van der Waals surface area (Å²) in [7, 11) is 0. The number of benzene rings is 8. The van der Waals surface area contributed by atoms with E-state index in [1.165, 1.54) is 41.7 Å². The van der Waals surface area contributed by atoms with Gasteiger partial charge >= 0.3 is 0 Å². The number of nitrogens with zero attached hydrogens (tertiary/aromatic N) is 3. The summed E-state index contributed by atoms with van der Waals surface area (Å²) >= 11 is 1.82. The van der Waals surface area contributed by atoms with Crippen molar-refractivity contribution >= 4 is 74.6 Å². The predicted octanol–water partition coefficient (Wildman–Crippen LogP) is 11.9. The Hall–Kier alpha value is -5.97. The molecular formula is C43H25N3S. The van der Waals surface area contributed by atoms with Crippen molar-refractivity contribution in [2.75, 3.05) is 0 Å². The molecule has 4 heteroatoms. The largest absolute Gasteiger partial charge is 0.208 e. The Balaban J connectivity index is 1.30. The summed E-state index contributed by atoms with van der Waals surface area (Å²) in [6.07, 6.45) is 0. The number of hydrogen-bond acceptors (Lipinski definition) is 4. The molecule has 10 rings (SSSR count). The molecule has 0 fully saturated rings. The molecule has 0 atom stereocenters. The molecule has 0 aliphatic rings. The summed E-state index contributed by atoms with van der Waals surface area (Å²) in [4.78, 5) is 15.8. The van der Waals surface area contributed by atoms with Gasteiger partial charge in [-0.2, -0.15) is 0 Å². The predicted molar refractivity (Wildman–Crippen MR) is 199 cm³/mol. The Morgan fingerprint density at radius 1 is 0.340 bits per heavy atom. The Bertz CT molecular complexity index is 2840. The van der Waals surface area contributed by atoms with Crippen molar-refractivity contribution in [3.63, 3.8) is 0 Å². The Kier molecular flexibility index (Phi) is 5.74. The van der Waals surface area contributed by atoms with Crippen molar-refractivity contribution in [1.29, 1.82) is 0 Å². The molecule has 0 amide bonds. The van der Waals surface area contributed by atoms with Gasteiger partial charge in [-0.25, -0.2) is 15.0 Å².